The maximum atomic E-state index is 13.4. The molecular formula is C15H19F2NO4S. The summed E-state index contributed by atoms with van der Waals surface area (Å²) in [5.41, 5.74) is 0. The summed E-state index contributed by atoms with van der Waals surface area (Å²) in [4.78, 5) is -0.269. The smallest absolute Gasteiger partial charge is 0.243 e. The van der Waals surface area contributed by atoms with Gasteiger partial charge in [0.25, 0.3) is 0 Å². The molecule has 8 heteroatoms. The molecule has 0 radical (unpaired) electrons. The molecule has 0 amide bonds. The Morgan fingerprint density at radius 3 is 2.70 bits per heavy atom. The molecule has 2 fully saturated rings. The molecule has 0 aromatic heterocycles. The lowest BCUT2D eigenvalue weighted by molar-refractivity contribution is -0.0543. The van der Waals surface area contributed by atoms with Gasteiger partial charge in [-0.1, -0.05) is 0 Å². The van der Waals surface area contributed by atoms with Crippen molar-refractivity contribution in [2.75, 3.05) is 19.8 Å². The van der Waals surface area contributed by atoms with Crippen LogP contribution in [0.2, 0.25) is 0 Å². The van der Waals surface area contributed by atoms with Gasteiger partial charge in [-0.3, -0.25) is 0 Å². The Morgan fingerprint density at radius 1 is 1.22 bits per heavy atom. The van der Waals surface area contributed by atoms with E-state index < -0.39 is 27.8 Å². The van der Waals surface area contributed by atoms with Crippen molar-refractivity contribution in [3.05, 3.63) is 29.8 Å². The lowest BCUT2D eigenvalue weighted by Crippen LogP contribution is -2.48. The summed E-state index contributed by atoms with van der Waals surface area (Å²) in [6.45, 7) is 1.06. The van der Waals surface area contributed by atoms with Crippen LogP contribution in [-0.4, -0.2) is 49.7 Å². The van der Waals surface area contributed by atoms with Crippen molar-refractivity contribution in [3.8, 4) is 0 Å². The van der Waals surface area contributed by atoms with E-state index in [0.29, 0.717) is 45.1 Å². The van der Waals surface area contributed by atoms with Crippen molar-refractivity contribution in [1.82, 2.24) is 4.31 Å². The normalized spacial score (nSPS) is 29.8. The van der Waals surface area contributed by atoms with Crippen LogP contribution in [0.15, 0.2) is 23.1 Å². The van der Waals surface area contributed by atoms with E-state index in [1.165, 1.54) is 4.31 Å². The number of hydrogen-bond donors (Lipinski definition) is 1. The molecule has 3 rings (SSSR count). The number of rotatable bonds is 3. The van der Waals surface area contributed by atoms with Crippen LogP contribution < -0.4 is 0 Å². The summed E-state index contributed by atoms with van der Waals surface area (Å²) < 4.78 is 58.7. The molecule has 0 bridgehead atoms. The number of aliphatic hydroxyl groups is 1. The second-order valence-electron chi connectivity index (χ2n) is 6.00. The van der Waals surface area contributed by atoms with Crippen molar-refractivity contribution in [1.29, 1.82) is 0 Å². The van der Waals surface area contributed by atoms with Crippen molar-refractivity contribution in [3.63, 3.8) is 0 Å². The van der Waals surface area contributed by atoms with Gasteiger partial charge in [0.1, 0.15) is 0 Å². The molecular weight excluding hydrogens is 328 g/mol. The highest BCUT2D eigenvalue weighted by atomic mass is 32.2. The van der Waals surface area contributed by atoms with E-state index in [1.54, 1.807) is 0 Å². The minimum absolute atomic E-state index is 0.269. The first-order valence-electron chi connectivity index (χ1n) is 7.64. The molecule has 2 heterocycles. The van der Waals surface area contributed by atoms with Crippen molar-refractivity contribution in [2.24, 2.45) is 5.92 Å². The molecule has 2 aliphatic rings. The number of nitrogens with zero attached hydrogens (tertiary/aromatic N) is 1. The zero-order valence-electron chi connectivity index (χ0n) is 12.5. The van der Waals surface area contributed by atoms with Crippen LogP contribution in [0.1, 0.15) is 19.3 Å². The standard InChI is InChI=1S/C15H19F2NO4S/c16-12-4-3-10(8-13(12)17)23(20,21)18-6-1-2-14(18)11-9-22-7-5-15(11)19/h3-4,8,11,14-15,19H,1-2,5-7,9H2/t11-,14-,15+/m1/s1. The van der Waals surface area contributed by atoms with Crippen LogP contribution in [0.4, 0.5) is 8.78 Å². The summed E-state index contributed by atoms with van der Waals surface area (Å²) in [7, 11) is -3.94. The molecule has 23 heavy (non-hydrogen) atoms. The molecule has 0 unspecified atom stereocenters. The molecule has 0 spiro atoms. The fraction of sp³-hybridized carbons (Fsp3) is 0.600. The first kappa shape index (κ1) is 16.8. The maximum absolute atomic E-state index is 13.4. The SMILES string of the molecule is O=S(=O)(c1ccc(F)c(F)c1)N1CCC[C@@H]1[C@H]1COCC[C@@H]1O. The molecule has 1 aromatic carbocycles. The predicted octanol–water partition coefficient (Wildman–Crippen LogP) is 1.52. The molecule has 1 aromatic rings. The van der Waals surface area contributed by atoms with Gasteiger partial charge in [-0.15, -0.1) is 0 Å². The van der Waals surface area contributed by atoms with Gasteiger partial charge in [-0.2, -0.15) is 4.31 Å². The second kappa shape index (κ2) is 6.43. The molecule has 1 N–H and O–H groups in total. The zero-order valence-corrected chi connectivity index (χ0v) is 13.3. The third-order valence-electron chi connectivity index (χ3n) is 4.60. The average molecular weight is 347 g/mol. The first-order chi connectivity index (χ1) is 10.9. The van der Waals surface area contributed by atoms with E-state index in [0.717, 1.165) is 12.1 Å². The van der Waals surface area contributed by atoms with Crippen LogP contribution >= 0.6 is 0 Å². The quantitative estimate of drug-likeness (QED) is 0.900. The number of ether oxygens (including phenoxy) is 1. The minimum atomic E-state index is -3.94. The minimum Gasteiger partial charge on any atom is -0.393 e. The van der Waals surface area contributed by atoms with Gasteiger partial charge in [-0.05, 0) is 37.5 Å². The van der Waals surface area contributed by atoms with E-state index in [4.69, 9.17) is 4.74 Å². The number of sulfonamides is 1. The van der Waals surface area contributed by atoms with Crippen molar-refractivity contribution >= 4 is 10.0 Å². The Labute approximate surface area is 133 Å². The third-order valence-corrected chi connectivity index (χ3v) is 6.52. The fourth-order valence-corrected chi connectivity index (χ4v) is 5.13. The van der Waals surface area contributed by atoms with E-state index in [-0.39, 0.29) is 16.9 Å². The number of hydrogen-bond acceptors (Lipinski definition) is 4. The van der Waals surface area contributed by atoms with E-state index in [1.807, 2.05) is 0 Å². The van der Waals surface area contributed by atoms with Gasteiger partial charge in [0, 0.05) is 25.1 Å². The Balaban J connectivity index is 1.90. The highest BCUT2D eigenvalue weighted by Crippen LogP contribution is 2.34. The Bertz CT molecular complexity index is 682. The Kier molecular flexibility index (Phi) is 4.68. The lowest BCUT2D eigenvalue weighted by Gasteiger charge is -2.36. The Morgan fingerprint density at radius 2 is 2.00 bits per heavy atom. The monoisotopic (exact) mass is 347 g/mol. The van der Waals surface area contributed by atoms with Crippen LogP contribution in [0, 0.1) is 17.6 Å². The van der Waals surface area contributed by atoms with Crippen molar-refractivity contribution in [2.45, 2.75) is 36.3 Å². The van der Waals surface area contributed by atoms with Gasteiger partial charge in [0.2, 0.25) is 10.0 Å². The highest BCUT2D eigenvalue weighted by Gasteiger charge is 2.43. The molecule has 0 saturated carbocycles. The average Bonchev–Trinajstić information content (AvgIpc) is 3.00. The fourth-order valence-electron chi connectivity index (χ4n) is 3.38. The van der Waals surface area contributed by atoms with Crippen LogP contribution in [0.25, 0.3) is 0 Å². The second-order valence-corrected chi connectivity index (χ2v) is 7.89. The largest absolute Gasteiger partial charge is 0.393 e. The van der Waals surface area contributed by atoms with Gasteiger partial charge in [0.15, 0.2) is 11.6 Å². The van der Waals surface area contributed by atoms with Crippen LogP contribution in [-0.2, 0) is 14.8 Å². The third kappa shape index (κ3) is 3.13. The zero-order chi connectivity index (χ0) is 16.6. The van der Waals surface area contributed by atoms with E-state index in [2.05, 4.69) is 0 Å². The molecule has 0 aliphatic carbocycles. The summed E-state index contributed by atoms with van der Waals surface area (Å²) in [6.07, 6.45) is 1.14. The van der Waals surface area contributed by atoms with Crippen LogP contribution in [0.5, 0.6) is 0 Å². The first-order valence-corrected chi connectivity index (χ1v) is 9.08. The Hall–Kier alpha value is -1.09. The molecule has 2 aliphatic heterocycles. The summed E-state index contributed by atoms with van der Waals surface area (Å²) in [6, 6.07) is 2.19. The maximum Gasteiger partial charge on any atom is 0.243 e. The summed E-state index contributed by atoms with van der Waals surface area (Å²) >= 11 is 0. The topological polar surface area (TPSA) is 66.8 Å². The molecule has 3 atom stereocenters. The van der Waals surface area contributed by atoms with Gasteiger partial charge in [-0.25, -0.2) is 17.2 Å². The number of aliphatic hydroxyl groups excluding tert-OH is 1. The van der Waals surface area contributed by atoms with Crippen LogP contribution in [0.3, 0.4) is 0 Å². The number of benzene rings is 1. The van der Waals surface area contributed by atoms with E-state index in [9.17, 15) is 22.3 Å². The van der Waals surface area contributed by atoms with E-state index >= 15 is 0 Å². The molecule has 5 nitrogen and oxygen atoms in total. The summed E-state index contributed by atoms with van der Waals surface area (Å²) in [5.74, 6) is -2.58. The number of halogens is 2. The van der Waals surface area contributed by atoms with Gasteiger partial charge < -0.3 is 9.84 Å². The summed E-state index contributed by atoms with van der Waals surface area (Å²) in [5, 5.41) is 10.2. The molecule has 128 valence electrons. The predicted molar refractivity (Wildman–Crippen MR) is 78.2 cm³/mol. The lowest BCUT2D eigenvalue weighted by atomic mass is 9.90. The van der Waals surface area contributed by atoms with Gasteiger partial charge in [0.05, 0.1) is 17.6 Å². The molecule has 2 saturated heterocycles. The van der Waals surface area contributed by atoms with Crippen molar-refractivity contribution < 1.29 is 27.0 Å². The highest BCUT2D eigenvalue weighted by molar-refractivity contribution is 7.89. The van der Waals surface area contributed by atoms with Gasteiger partial charge >= 0.3 is 0 Å².